The molecule has 0 atom stereocenters. The van der Waals surface area contributed by atoms with E-state index in [1.54, 1.807) is 35.9 Å². The molecule has 1 fully saturated rings. The van der Waals surface area contributed by atoms with Crippen molar-refractivity contribution < 1.29 is 4.79 Å². The van der Waals surface area contributed by atoms with Crippen molar-refractivity contribution in [2.45, 2.75) is 0 Å². The van der Waals surface area contributed by atoms with Gasteiger partial charge in [-0.3, -0.25) is 15.1 Å². The van der Waals surface area contributed by atoms with E-state index in [2.05, 4.69) is 40.0 Å². The highest BCUT2D eigenvalue weighted by Crippen LogP contribution is 2.32. The Morgan fingerprint density at radius 2 is 1.80 bits per heavy atom. The first-order valence-electron chi connectivity index (χ1n) is 13.1. The Kier molecular flexibility index (Phi) is 6.06. The molecule has 204 valence electrons. The summed E-state index contributed by atoms with van der Waals surface area (Å²) in [7, 11) is 2.04. The van der Waals surface area contributed by atoms with E-state index in [4.69, 9.17) is 10.8 Å². The molecule has 2 amide bonds. The number of amides is 2. The first-order valence-corrected chi connectivity index (χ1v) is 13.1. The van der Waals surface area contributed by atoms with Gasteiger partial charge in [0.15, 0.2) is 17.1 Å². The summed E-state index contributed by atoms with van der Waals surface area (Å²) in [6.07, 6.45) is 8.48. The number of hydrogen-bond donors (Lipinski definition) is 3. The largest absolute Gasteiger partial charge is 0.339 e. The molecule has 7 rings (SSSR count). The number of fused-ring (bicyclic) bond motifs is 2. The summed E-state index contributed by atoms with van der Waals surface area (Å²) < 4.78 is 0. The summed E-state index contributed by atoms with van der Waals surface area (Å²) in [4.78, 5) is 42.9. The molecule has 4 N–H and O–H groups in total. The van der Waals surface area contributed by atoms with E-state index < -0.39 is 0 Å². The first-order chi connectivity index (χ1) is 20.0. The molecule has 13 heteroatoms. The molecule has 0 aliphatic carbocycles. The summed E-state index contributed by atoms with van der Waals surface area (Å²) in [5, 5.41) is 9.36. The lowest BCUT2D eigenvalue weighted by Crippen LogP contribution is -2.54. The van der Waals surface area contributed by atoms with Gasteiger partial charge in [0.1, 0.15) is 5.69 Å². The minimum absolute atomic E-state index is 0.258. The van der Waals surface area contributed by atoms with Gasteiger partial charge >= 0.3 is 6.03 Å². The Balaban J connectivity index is 1.22. The molecule has 6 aromatic rings. The van der Waals surface area contributed by atoms with Crippen molar-refractivity contribution in [1.82, 2.24) is 49.9 Å². The van der Waals surface area contributed by atoms with Crippen molar-refractivity contribution in [3.63, 3.8) is 0 Å². The average Bonchev–Trinajstić information content (AvgIpc) is 3.65. The van der Waals surface area contributed by atoms with Crippen LogP contribution in [0.4, 0.5) is 10.5 Å². The lowest BCUT2D eigenvalue weighted by Gasteiger charge is -2.34. The van der Waals surface area contributed by atoms with Crippen molar-refractivity contribution in [2.75, 3.05) is 38.2 Å². The van der Waals surface area contributed by atoms with E-state index in [0.717, 1.165) is 51.4 Å². The quantitative estimate of drug-likeness (QED) is 0.171. The maximum absolute atomic E-state index is 13.0. The Labute approximate surface area is 234 Å². The van der Waals surface area contributed by atoms with Crippen molar-refractivity contribution in [2.24, 2.45) is 5.84 Å². The number of rotatable bonds is 4. The van der Waals surface area contributed by atoms with Gasteiger partial charge in [0, 0.05) is 67.7 Å². The van der Waals surface area contributed by atoms with Crippen molar-refractivity contribution in [1.29, 1.82) is 0 Å². The lowest BCUT2D eigenvalue weighted by atomic mass is 10.1. The Morgan fingerprint density at radius 1 is 0.951 bits per heavy atom. The summed E-state index contributed by atoms with van der Waals surface area (Å²) in [5.41, 5.74) is 6.32. The minimum Gasteiger partial charge on any atom is -0.335 e. The molecule has 0 unspecified atom stereocenters. The third-order valence-electron chi connectivity index (χ3n) is 7.29. The standard InChI is InChI=1S/C28H26N12O/c1-38-8-10-39(11-9-38)28(41)40(29)19-12-17(14-30-16-19)18-13-21-24(36-37-25(21)33-15-18)27-34-23-20(5-7-32-26(23)35-27)22-4-2-3-6-31-22/h2-7,12-16H,8-11,29H2,1H3,(H,32,34,35)(H,33,36,37). The molecular weight excluding hydrogens is 520 g/mol. The molecule has 13 nitrogen and oxygen atoms in total. The van der Waals surface area contributed by atoms with Crippen LogP contribution in [0.2, 0.25) is 0 Å². The fraction of sp³-hybridized carbons (Fsp3) is 0.179. The molecule has 1 saturated heterocycles. The molecule has 0 saturated carbocycles. The highest BCUT2D eigenvalue weighted by atomic mass is 16.2. The van der Waals surface area contributed by atoms with Crippen LogP contribution in [0.1, 0.15) is 0 Å². The molecule has 1 aliphatic rings. The van der Waals surface area contributed by atoms with Crippen LogP contribution in [-0.4, -0.2) is 89.2 Å². The van der Waals surface area contributed by atoms with Crippen molar-refractivity contribution in [3.8, 4) is 33.9 Å². The number of pyridine rings is 4. The smallest absolute Gasteiger partial charge is 0.335 e. The maximum atomic E-state index is 13.0. The number of hydrogen-bond acceptors (Lipinski definition) is 9. The molecule has 7 heterocycles. The van der Waals surface area contributed by atoms with Crippen LogP contribution in [0.25, 0.3) is 56.1 Å². The van der Waals surface area contributed by atoms with E-state index in [1.807, 2.05) is 43.4 Å². The SMILES string of the molecule is CN1CCN(C(=O)N(N)c2cncc(-c3cnc4n[nH]c(-c5nc6nccc(-c7ccccn7)c6[nH]5)c4c3)c2)CC1. The van der Waals surface area contributed by atoms with Gasteiger partial charge in [-0.25, -0.2) is 30.6 Å². The molecule has 41 heavy (non-hydrogen) atoms. The van der Waals surface area contributed by atoms with E-state index in [-0.39, 0.29) is 6.03 Å². The van der Waals surface area contributed by atoms with Crippen LogP contribution < -0.4 is 10.9 Å². The number of carbonyl (C=O) groups is 1. The number of aromatic nitrogens is 8. The molecule has 6 aromatic heterocycles. The predicted octanol–water partition coefficient (Wildman–Crippen LogP) is 3.07. The monoisotopic (exact) mass is 546 g/mol. The van der Waals surface area contributed by atoms with E-state index >= 15 is 0 Å². The number of nitrogens with one attached hydrogen (secondary N) is 2. The van der Waals surface area contributed by atoms with Gasteiger partial charge in [-0.2, -0.15) is 5.10 Å². The summed E-state index contributed by atoms with van der Waals surface area (Å²) in [6, 6.07) is 11.2. The zero-order chi connectivity index (χ0) is 27.9. The summed E-state index contributed by atoms with van der Waals surface area (Å²) in [6.45, 7) is 2.87. The van der Waals surface area contributed by atoms with E-state index in [0.29, 0.717) is 41.6 Å². The summed E-state index contributed by atoms with van der Waals surface area (Å²) >= 11 is 0. The molecule has 0 aromatic carbocycles. The number of imidazole rings is 1. The van der Waals surface area contributed by atoms with Crippen LogP contribution in [0.3, 0.4) is 0 Å². The van der Waals surface area contributed by atoms with Gasteiger partial charge in [-0.15, -0.1) is 0 Å². The zero-order valence-corrected chi connectivity index (χ0v) is 22.2. The van der Waals surface area contributed by atoms with Gasteiger partial charge in [0.05, 0.1) is 28.5 Å². The van der Waals surface area contributed by atoms with Crippen LogP contribution >= 0.6 is 0 Å². The predicted molar refractivity (Wildman–Crippen MR) is 154 cm³/mol. The van der Waals surface area contributed by atoms with E-state index in [1.165, 1.54) is 0 Å². The molecular formula is C28H26N12O. The van der Waals surface area contributed by atoms with Gasteiger partial charge in [-0.05, 0) is 37.4 Å². The van der Waals surface area contributed by atoms with Crippen molar-refractivity contribution in [3.05, 3.63) is 67.4 Å². The topological polar surface area (TPSA) is 162 Å². The Morgan fingerprint density at radius 3 is 2.63 bits per heavy atom. The second kappa shape index (κ2) is 10.0. The fourth-order valence-corrected chi connectivity index (χ4v) is 4.98. The number of nitrogens with zero attached hydrogens (tertiary/aromatic N) is 9. The van der Waals surface area contributed by atoms with Crippen molar-refractivity contribution >= 4 is 33.9 Å². The fourth-order valence-electron chi connectivity index (χ4n) is 4.98. The number of hydrazine groups is 1. The Hall–Kier alpha value is -5.27. The third-order valence-corrected chi connectivity index (χ3v) is 7.29. The number of H-pyrrole nitrogens is 2. The Bertz CT molecular complexity index is 1870. The van der Waals surface area contributed by atoms with Gasteiger partial charge < -0.3 is 14.8 Å². The van der Waals surface area contributed by atoms with Gasteiger partial charge in [0.2, 0.25) is 0 Å². The average molecular weight is 547 g/mol. The van der Waals surface area contributed by atoms with Crippen LogP contribution in [-0.2, 0) is 0 Å². The number of aromatic amines is 2. The zero-order valence-electron chi connectivity index (χ0n) is 22.2. The van der Waals surface area contributed by atoms with Crippen LogP contribution in [0, 0.1) is 0 Å². The van der Waals surface area contributed by atoms with Crippen LogP contribution in [0.15, 0.2) is 67.4 Å². The number of nitrogens with two attached hydrogens (primary N) is 1. The molecule has 0 spiro atoms. The van der Waals surface area contributed by atoms with Crippen LogP contribution in [0.5, 0.6) is 0 Å². The highest BCUT2D eigenvalue weighted by molar-refractivity contribution is 5.96. The molecule has 1 aliphatic heterocycles. The highest BCUT2D eigenvalue weighted by Gasteiger charge is 2.24. The number of carbonyl (C=O) groups excluding carboxylic acids is 1. The molecule has 0 bridgehead atoms. The second-order valence-corrected chi connectivity index (χ2v) is 9.93. The normalized spacial score (nSPS) is 14.1. The third kappa shape index (κ3) is 4.52. The van der Waals surface area contributed by atoms with Gasteiger partial charge in [0.25, 0.3) is 0 Å². The molecule has 0 radical (unpaired) electrons. The number of urea groups is 1. The van der Waals surface area contributed by atoms with E-state index in [9.17, 15) is 4.79 Å². The summed E-state index contributed by atoms with van der Waals surface area (Å²) in [5.74, 6) is 6.83. The first kappa shape index (κ1) is 24.7. The number of likely N-dealkylation sites (N-methyl/N-ethyl adjacent to an activating group) is 1. The number of anilines is 1. The second-order valence-electron chi connectivity index (χ2n) is 9.93. The number of piperazine rings is 1. The van der Waals surface area contributed by atoms with Gasteiger partial charge in [-0.1, -0.05) is 6.07 Å². The minimum atomic E-state index is -0.258. The maximum Gasteiger partial charge on any atom is 0.339 e. The lowest BCUT2D eigenvalue weighted by molar-refractivity contribution is 0.159.